The van der Waals surface area contributed by atoms with Gasteiger partial charge in [-0.15, -0.1) is 17.0 Å². The predicted molar refractivity (Wildman–Crippen MR) is 43.1 cm³/mol. The molecular weight excluding hydrogens is 180 g/mol. The highest BCUT2D eigenvalue weighted by Crippen LogP contribution is 2.20. The van der Waals surface area contributed by atoms with E-state index in [-0.39, 0.29) is 17.0 Å². The number of nitrogens with one attached hydrogen (secondary N) is 1. The van der Waals surface area contributed by atoms with Gasteiger partial charge in [0.1, 0.15) is 0 Å². The van der Waals surface area contributed by atoms with Crippen LogP contribution in [0.1, 0.15) is 6.42 Å². The Hall–Kier alpha value is 0.400. The van der Waals surface area contributed by atoms with E-state index in [1.165, 1.54) is 19.5 Å². The van der Waals surface area contributed by atoms with Gasteiger partial charge >= 0.3 is 0 Å². The van der Waals surface area contributed by atoms with E-state index in [9.17, 15) is 0 Å². The topological polar surface area (TPSA) is 15.3 Å². The molecule has 3 heteroatoms. The highest BCUT2D eigenvalue weighted by molar-refractivity contribution is 8.93. The molecule has 9 heavy (non-hydrogen) atoms. The Morgan fingerprint density at radius 2 is 2.33 bits per heavy atom. The number of halogens is 1. The van der Waals surface area contributed by atoms with Crippen LogP contribution in [0.3, 0.4) is 0 Å². The molecular formula is C6H13BrN2. The molecule has 0 aromatic heterocycles. The first-order chi connectivity index (χ1) is 3.86. The van der Waals surface area contributed by atoms with Gasteiger partial charge in [-0.1, -0.05) is 0 Å². The molecule has 2 atom stereocenters. The highest BCUT2D eigenvalue weighted by Gasteiger charge is 2.34. The van der Waals surface area contributed by atoms with Crippen LogP contribution in [0.4, 0.5) is 0 Å². The average molecular weight is 193 g/mol. The quantitative estimate of drug-likeness (QED) is 0.592. The maximum absolute atomic E-state index is 3.44. The monoisotopic (exact) mass is 192 g/mol. The number of nitrogens with zero attached hydrogens (tertiary/aromatic N) is 1. The second-order valence-electron chi connectivity index (χ2n) is 2.93. The fraction of sp³-hybridized carbons (Fsp3) is 1.00. The summed E-state index contributed by atoms with van der Waals surface area (Å²) < 4.78 is 0. The van der Waals surface area contributed by atoms with Gasteiger partial charge in [0.15, 0.2) is 0 Å². The zero-order valence-corrected chi connectivity index (χ0v) is 7.34. The molecule has 2 saturated heterocycles. The molecule has 2 nitrogen and oxygen atoms in total. The second kappa shape index (κ2) is 2.56. The van der Waals surface area contributed by atoms with E-state index in [1.807, 2.05) is 0 Å². The van der Waals surface area contributed by atoms with Crippen molar-refractivity contribution < 1.29 is 0 Å². The fourth-order valence-corrected chi connectivity index (χ4v) is 1.77. The highest BCUT2D eigenvalue weighted by atomic mass is 79.9. The molecule has 0 amide bonds. The van der Waals surface area contributed by atoms with E-state index in [0.29, 0.717) is 0 Å². The van der Waals surface area contributed by atoms with Gasteiger partial charge in [-0.25, -0.2) is 0 Å². The fourth-order valence-electron chi connectivity index (χ4n) is 1.77. The molecule has 2 fully saturated rings. The molecule has 0 radical (unpaired) electrons. The molecule has 2 bridgehead atoms. The number of fused-ring (bicyclic) bond motifs is 2. The van der Waals surface area contributed by atoms with Crippen molar-refractivity contribution in [1.29, 1.82) is 0 Å². The molecule has 0 aromatic rings. The van der Waals surface area contributed by atoms with Gasteiger partial charge < -0.3 is 10.2 Å². The van der Waals surface area contributed by atoms with Gasteiger partial charge in [0.05, 0.1) is 0 Å². The van der Waals surface area contributed by atoms with Crippen molar-refractivity contribution in [2.45, 2.75) is 18.5 Å². The van der Waals surface area contributed by atoms with Gasteiger partial charge in [-0.05, 0) is 13.5 Å². The molecule has 2 aliphatic rings. The Morgan fingerprint density at radius 3 is 2.56 bits per heavy atom. The van der Waals surface area contributed by atoms with Gasteiger partial charge in [-0.2, -0.15) is 0 Å². The summed E-state index contributed by atoms with van der Waals surface area (Å²) in [5, 5.41) is 3.44. The normalized spacial score (nSPS) is 41.0. The van der Waals surface area contributed by atoms with Crippen molar-refractivity contribution in [3.05, 3.63) is 0 Å². The van der Waals surface area contributed by atoms with E-state index in [2.05, 4.69) is 17.3 Å². The van der Waals surface area contributed by atoms with Crippen LogP contribution < -0.4 is 5.32 Å². The van der Waals surface area contributed by atoms with Crippen LogP contribution in [0.25, 0.3) is 0 Å². The average Bonchev–Trinajstić information content (AvgIpc) is 2.23. The lowest BCUT2D eigenvalue weighted by Crippen LogP contribution is -2.41. The first kappa shape index (κ1) is 7.51. The van der Waals surface area contributed by atoms with E-state index in [4.69, 9.17) is 0 Å². The molecule has 0 aliphatic carbocycles. The number of likely N-dealkylation sites (tertiary alicyclic amines) is 1. The third kappa shape index (κ3) is 1.14. The van der Waals surface area contributed by atoms with Crippen LogP contribution >= 0.6 is 17.0 Å². The van der Waals surface area contributed by atoms with Gasteiger partial charge in [0.25, 0.3) is 0 Å². The third-order valence-corrected chi connectivity index (χ3v) is 2.33. The number of likely N-dealkylation sites (N-methyl/N-ethyl adjacent to an activating group) is 1. The Morgan fingerprint density at radius 1 is 1.56 bits per heavy atom. The minimum atomic E-state index is 0. The SMILES string of the molecule is Br.CN1CC2C[C@H]1CN2. The van der Waals surface area contributed by atoms with Crippen molar-refractivity contribution in [2.24, 2.45) is 0 Å². The molecule has 2 heterocycles. The molecule has 1 N–H and O–H groups in total. The standard InChI is InChI=1S/C6H12N2.BrH/c1-8-4-5-2-6(8)3-7-5;/h5-7H,2-4H2,1H3;1H/t5?,6-;/m0./s1. The molecule has 0 spiro atoms. The summed E-state index contributed by atoms with van der Waals surface area (Å²) in [6.07, 6.45) is 1.39. The maximum Gasteiger partial charge on any atom is 0.0233 e. The Labute approximate surface area is 66.4 Å². The third-order valence-electron chi connectivity index (χ3n) is 2.33. The van der Waals surface area contributed by atoms with Crippen LogP contribution in [-0.2, 0) is 0 Å². The van der Waals surface area contributed by atoms with Gasteiger partial charge in [0.2, 0.25) is 0 Å². The summed E-state index contributed by atoms with van der Waals surface area (Å²) in [5.74, 6) is 0. The minimum Gasteiger partial charge on any atom is -0.311 e. The van der Waals surface area contributed by atoms with E-state index in [0.717, 1.165) is 12.1 Å². The summed E-state index contributed by atoms with van der Waals surface area (Å²) in [6.45, 7) is 2.49. The number of rotatable bonds is 0. The van der Waals surface area contributed by atoms with Crippen molar-refractivity contribution in [3.8, 4) is 0 Å². The van der Waals surface area contributed by atoms with Gasteiger partial charge in [-0.3, -0.25) is 0 Å². The molecule has 2 rings (SSSR count). The molecule has 1 unspecified atom stereocenters. The Balaban J connectivity index is 0.000000405. The predicted octanol–water partition coefficient (Wildman–Crippen LogP) is 0.240. The lowest BCUT2D eigenvalue weighted by atomic mass is 10.2. The largest absolute Gasteiger partial charge is 0.311 e. The molecule has 0 saturated carbocycles. The lowest BCUT2D eigenvalue weighted by Gasteiger charge is -2.21. The zero-order chi connectivity index (χ0) is 5.56. The summed E-state index contributed by atoms with van der Waals surface area (Å²) in [5.41, 5.74) is 0. The summed E-state index contributed by atoms with van der Waals surface area (Å²) in [4.78, 5) is 2.45. The van der Waals surface area contributed by atoms with E-state index >= 15 is 0 Å². The minimum absolute atomic E-state index is 0. The molecule has 0 aromatic carbocycles. The van der Waals surface area contributed by atoms with E-state index in [1.54, 1.807) is 0 Å². The number of piperazine rings is 1. The van der Waals surface area contributed by atoms with Crippen molar-refractivity contribution in [3.63, 3.8) is 0 Å². The van der Waals surface area contributed by atoms with Crippen LogP contribution in [0.2, 0.25) is 0 Å². The first-order valence-electron chi connectivity index (χ1n) is 3.30. The van der Waals surface area contributed by atoms with Crippen molar-refractivity contribution in [2.75, 3.05) is 20.1 Å². The zero-order valence-electron chi connectivity index (χ0n) is 5.63. The van der Waals surface area contributed by atoms with E-state index < -0.39 is 0 Å². The van der Waals surface area contributed by atoms with Gasteiger partial charge in [0, 0.05) is 25.2 Å². The first-order valence-corrected chi connectivity index (χ1v) is 3.30. The summed E-state index contributed by atoms with van der Waals surface area (Å²) in [6, 6.07) is 1.69. The lowest BCUT2D eigenvalue weighted by molar-refractivity contribution is 0.276. The Bertz CT molecular complexity index is 105. The number of hydrogen-bond donors (Lipinski definition) is 1. The second-order valence-corrected chi connectivity index (χ2v) is 2.93. The van der Waals surface area contributed by atoms with Crippen molar-refractivity contribution >= 4 is 17.0 Å². The summed E-state index contributed by atoms with van der Waals surface area (Å²) >= 11 is 0. The Kier molecular flexibility index (Phi) is 2.14. The smallest absolute Gasteiger partial charge is 0.0233 e. The molecule has 54 valence electrons. The van der Waals surface area contributed by atoms with Crippen molar-refractivity contribution in [1.82, 2.24) is 10.2 Å². The maximum atomic E-state index is 3.44. The van der Waals surface area contributed by atoms with Crippen LogP contribution in [-0.4, -0.2) is 37.1 Å². The summed E-state index contributed by atoms with van der Waals surface area (Å²) in [7, 11) is 2.21. The number of hydrogen-bond acceptors (Lipinski definition) is 2. The van der Waals surface area contributed by atoms with Crippen LogP contribution in [0.5, 0.6) is 0 Å². The molecule has 2 aliphatic heterocycles. The van der Waals surface area contributed by atoms with Crippen LogP contribution in [0, 0.1) is 0 Å². The van der Waals surface area contributed by atoms with Crippen LogP contribution in [0.15, 0.2) is 0 Å².